The maximum Gasteiger partial charge on any atom is 0.421 e. The molecule has 0 saturated heterocycles. The van der Waals surface area contributed by atoms with E-state index in [1.807, 2.05) is 0 Å². The average Bonchev–Trinajstić information content (AvgIpc) is 2.36. The Morgan fingerprint density at radius 2 is 1.85 bits per heavy atom. The van der Waals surface area contributed by atoms with Crippen LogP contribution in [0.2, 0.25) is 0 Å². The number of aliphatic carboxylic acids is 1. The second-order valence-corrected chi connectivity index (χ2v) is 5.26. The number of rotatable bonds is 6. The van der Waals surface area contributed by atoms with Gasteiger partial charge in [-0.25, -0.2) is 9.52 Å². The van der Waals surface area contributed by atoms with Gasteiger partial charge < -0.3 is 9.84 Å². The van der Waals surface area contributed by atoms with Crippen molar-refractivity contribution in [3.8, 4) is 0 Å². The minimum Gasteiger partial charge on any atom is -0.481 e. The Bertz CT molecular complexity index is 599. The van der Waals surface area contributed by atoms with Crippen molar-refractivity contribution in [1.29, 1.82) is 0 Å². The first-order valence-corrected chi connectivity index (χ1v) is 6.96. The van der Waals surface area contributed by atoms with E-state index in [1.54, 1.807) is 29.0 Å². The molecule has 20 heavy (non-hydrogen) atoms. The number of nitrogens with one attached hydrogen (secondary N) is 2. The van der Waals surface area contributed by atoms with Crippen LogP contribution in [0.15, 0.2) is 24.3 Å². The van der Waals surface area contributed by atoms with Gasteiger partial charge in [-0.2, -0.15) is 13.1 Å². The van der Waals surface area contributed by atoms with Crippen LogP contribution in [0.5, 0.6) is 0 Å². The van der Waals surface area contributed by atoms with Gasteiger partial charge in [0.15, 0.2) is 0 Å². The highest BCUT2D eigenvalue weighted by molar-refractivity contribution is 7.88. The predicted molar refractivity (Wildman–Crippen MR) is 69.1 cm³/mol. The van der Waals surface area contributed by atoms with Gasteiger partial charge in [-0.05, 0) is 11.1 Å². The highest BCUT2D eigenvalue weighted by Gasteiger charge is 2.15. The Labute approximate surface area is 115 Å². The number of hydrogen-bond donors (Lipinski definition) is 3. The average molecular weight is 302 g/mol. The molecule has 0 saturated carbocycles. The summed E-state index contributed by atoms with van der Waals surface area (Å²) in [6.45, 7) is -0.143. The number of carbonyl (C=O) groups excluding carboxylic acids is 1. The quantitative estimate of drug-likeness (QED) is 0.680. The number of hydrogen-bond acceptors (Lipinski definition) is 5. The third-order valence-corrected chi connectivity index (χ3v) is 3.28. The molecule has 0 atom stereocenters. The molecular weight excluding hydrogens is 288 g/mol. The lowest BCUT2D eigenvalue weighted by atomic mass is 10.1. The molecule has 0 aromatic heterocycles. The minimum absolute atomic E-state index is 0.143. The van der Waals surface area contributed by atoms with Gasteiger partial charge in [0.05, 0.1) is 13.5 Å². The lowest BCUT2D eigenvalue weighted by Gasteiger charge is -2.10. The Kier molecular flexibility index (Phi) is 5.47. The van der Waals surface area contributed by atoms with Crippen LogP contribution >= 0.6 is 0 Å². The predicted octanol–water partition coefficient (Wildman–Crippen LogP) is 0.00410. The van der Waals surface area contributed by atoms with Crippen LogP contribution in [-0.2, 0) is 32.7 Å². The summed E-state index contributed by atoms with van der Waals surface area (Å²) in [6.07, 6.45) is -1.33. The summed E-state index contributed by atoms with van der Waals surface area (Å²) in [5.74, 6) is -1.02. The molecule has 3 N–H and O–H groups in total. The standard InChI is InChI=1S/C11H14N2O6S/c1-19-11(16)13-20(17,18)12-7-9-5-3-2-4-8(9)6-10(14)15/h2-5,12H,6-7H2,1H3,(H,13,16)(H,14,15). The van der Waals surface area contributed by atoms with Gasteiger partial charge >= 0.3 is 22.3 Å². The molecule has 0 aliphatic heterocycles. The number of carboxylic acid groups (broad SMARTS) is 1. The van der Waals surface area contributed by atoms with Crippen molar-refractivity contribution in [1.82, 2.24) is 9.44 Å². The zero-order valence-corrected chi connectivity index (χ0v) is 11.4. The number of benzene rings is 1. The molecule has 0 fully saturated rings. The molecule has 0 spiro atoms. The summed E-state index contributed by atoms with van der Waals surface area (Å²) in [5.41, 5.74) is 0.992. The van der Waals surface area contributed by atoms with Gasteiger partial charge in [-0.1, -0.05) is 24.3 Å². The second-order valence-electron chi connectivity index (χ2n) is 3.76. The maximum absolute atomic E-state index is 11.5. The summed E-state index contributed by atoms with van der Waals surface area (Å²) in [6, 6.07) is 6.50. The highest BCUT2D eigenvalue weighted by atomic mass is 32.2. The molecule has 0 bridgehead atoms. The number of amides is 1. The molecule has 9 heteroatoms. The summed E-state index contributed by atoms with van der Waals surface area (Å²) in [4.78, 5) is 21.5. The number of carboxylic acids is 1. The second kappa shape index (κ2) is 6.87. The van der Waals surface area contributed by atoms with Crippen molar-refractivity contribution >= 4 is 22.3 Å². The van der Waals surface area contributed by atoms with E-state index < -0.39 is 22.3 Å². The minimum atomic E-state index is -4.06. The Balaban J connectivity index is 2.75. The van der Waals surface area contributed by atoms with Crippen LogP contribution in [0.3, 0.4) is 0 Å². The van der Waals surface area contributed by atoms with Crippen LogP contribution in [-0.4, -0.2) is 32.7 Å². The zero-order chi connectivity index (χ0) is 15.2. The van der Waals surface area contributed by atoms with E-state index in [1.165, 1.54) is 0 Å². The monoisotopic (exact) mass is 302 g/mol. The van der Waals surface area contributed by atoms with Crippen molar-refractivity contribution in [2.24, 2.45) is 0 Å². The maximum atomic E-state index is 11.5. The summed E-state index contributed by atoms with van der Waals surface area (Å²) in [7, 11) is -3.02. The first-order valence-electron chi connectivity index (χ1n) is 5.48. The van der Waals surface area contributed by atoms with E-state index in [2.05, 4.69) is 9.46 Å². The smallest absolute Gasteiger partial charge is 0.421 e. The first-order chi connectivity index (χ1) is 9.34. The van der Waals surface area contributed by atoms with Crippen LogP contribution in [0.25, 0.3) is 0 Å². The van der Waals surface area contributed by atoms with Crippen molar-refractivity contribution in [3.05, 3.63) is 35.4 Å². The first kappa shape index (κ1) is 15.9. The topological polar surface area (TPSA) is 122 Å². The number of ether oxygens (including phenoxy) is 1. The Morgan fingerprint density at radius 3 is 2.40 bits per heavy atom. The lowest BCUT2D eigenvalue weighted by Crippen LogP contribution is -2.39. The summed E-state index contributed by atoms with van der Waals surface area (Å²) in [5, 5.41) is 8.76. The van der Waals surface area contributed by atoms with Gasteiger partial charge in [0.2, 0.25) is 0 Å². The normalized spacial score (nSPS) is 10.8. The molecule has 1 aromatic carbocycles. The third-order valence-electron chi connectivity index (χ3n) is 2.32. The van der Waals surface area contributed by atoms with E-state index in [0.717, 1.165) is 7.11 Å². The van der Waals surface area contributed by atoms with E-state index in [4.69, 9.17) is 5.11 Å². The fourth-order valence-electron chi connectivity index (χ4n) is 1.43. The van der Waals surface area contributed by atoms with Crippen molar-refractivity contribution in [2.45, 2.75) is 13.0 Å². The van der Waals surface area contributed by atoms with Crippen LogP contribution in [0.4, 0.5) is 4.79 Å². The van der Waals surface area contributed by atoms with Crippen molar-refractivity contribution in [2.75, 3.05) is 7.11 Å². The van der Waals surface area contributed by atoms with Crippen molar-refractivity contribution in [3.63, 3.8) is 0 Å². The molecular formula is C11H14N2O6S. The Hall–Kier alpha value is -2.13. The van der Waals surface area contributed by atoms with Gasteiger partial charge in [-0.15, -0.1) is 0 Å². The SMILES string of the molecule is COC(=O)NS(=O)(=O)NCc1ccccc1CC(=O)O. The zero-order valence-electron chi connectivity index (χ0n) is 10.6. The molecule has 0 heterocycles. The van der Waals surface area contributed by atoms with E-state index in [-0.39, 0.29) is 13.0 Å². The third kappa shape index (κ3) is 5.24. The molecule has 0 radical (unpaired) electrons. The fraction of sp³-hybridized carbons (Fsp3) is 0.273. The van der Waals surface area contributed by atoms with Gasteiger partial charge in [-0.3, -0.25) is 4.79 Å². The van der Waals surface area contributed by atoms with Crippen LogP contribution in [0, 0.1) is 0 Å². The number of methoxy groups -OCH3 is 1. The number of carbonyl (C=O) groups is 2. The summed E-state index contributed by atoms with van der Waals surface area (Å²) >= 11 is 0. The largest absolute Gasteiger partial charge is 0.481 e. The fourth-order valence-corrected chi connectivity index (χ4v) is 2.15. The highest BCUT2D eigenvalue weighted by Crippen LogP contribution is 2.09. The molecule has 110 valence electrons. The molecule has 8 nitrogen and oxygen atoms in total. The molecule has 1 rings (SSSR count). The summed E-state index contributed by atoms with van der Waals surface area (Å²) < 4.78 is 30.8. The molecule has 0 aliphatic carbocycles. The lowest BCUT2D eigenvalue weighted by molar-refractivity contribution is -0.136. The molecule has 0 unspecified atom stereocenters. The van der Waals surface area contributed by atoms with Crippen LogP contribution in [0.1, 0.15) is 11.1 Å². The molecule has 1 amide bonds. The van der Waals surface area contributed by atoms with Gasteiger partial charge in [0.1, 0.15) is 0 Å². The Morgan fingerprint density at radius 1 is 1.25 bits per heavy atom. The molecule has 1 aromatic rings. The molecule has 0 aliphatic rings. The van der Waals surface area contributed by atoms with E-state index >= 15 is 0 Å². The van der Waals surface area contributed by atoms with E-state index in [0.29, 0.717) is 11.1 Å². The van der Waals surface area contributed by atoms with Crippen LogP contribution < -0.4 is 9.44 Å². The van der Waals surface area contributed by atoms with E-state index in [9.17, 15) is 18.0 Å². The van der Waals surface area contributed by atoms with Crippen molar-refractivity contribution < 1.29 is 27.9 Å². The van der Waals surface area contributed by atoms with Gasteiger partial charge in [0.25, 0.3) is 0 Å². The van der Waals surface area contributed by atoms with Gasteiger partial charge in [0, 0.05) is 6.54 Å².